The van der Waals surface area contributed by atoms with E-state index in [9.17, 15) is 8.78 Å². The van der Waals surface area contributed by atoms with Crippen molar-refractivity contribution in [2.75, 3.05) is 6.26 Å². The standard InChI is InChI=1S/C16H12F2N2S/c1-21-16-14(12-9-11(17)7-8-13(12)18)15(19-20-16)10-5-3-2-4-6-10/h2-9H,1H3,(H,19,20). The van der Waals surface area contributed by atoms with Crippen LogP contribution in [0, 0.1) is 11.6 Å². The fourth-order valence-electron chi connectivity index (χ4n) is 2.23. The number of thioether (sulfide) groups is 1. The Balaban J connectivity index is 2.26. The molecule has 0 saturated heterocycles. The van der Waals surface area contributed by atoms with Gasteiger partial charge in [0.15, 0.2) is 0 Å². The number of nitrogens with one attached hydrogen (secondary N) is 1. The van der Waals surface area contributed by atoms with Gasteiger partial charge >= 0.3 is 0 Å². The first kappa shape index (κ1) is 13.8. The van der Waals surface area contributed by atoms with Crippen molar-refractivity contribution in [3.8, 4) is 22.4 Å². The molecule has 1 heterocycles. The topological polar surface area (TPSA) is 28.7 Å². The molecule has 3 aromatic rings. The third-order valence-corrected chi connectivity index (χ3v) is 3.87. The van der Waals surface area contributed by atoms with Gasteiger partial charge in [-0.1, -0.05) is 30.3 Å². The summed E-state index contributed by atoms with van der Waals surface area (Å²) in [5.74, 6) is -0.941. The second-order valence-corrected chi connectivity index (χ2v) is 5.27. The van der Waals surface area contributed by atoms with Crippen molar-refractivity contribution in [3.63, 3.8) is 0 Å². The summed E-state index contributed by atoms with van der Waals surface area (Å²) in [6.45, 7) is 0. The first-order valence-electron chi connectivity index (χ1n) is 6.34. The molecule has 0 saturated carbocycles. The zero-order valence-electron chi connectivity index (χ0n) is 11.2. The lowest BCUT2D eigenvalue weighted by atomic mass is 10.0. The molecule has 2 aromatic carbocycles. The van der Waals surface area contributed by atoms with Gasteiger partial charge in [-0.25, -0.2) is 8.78 Å². The monoisotopic (exact) mass is 302 g/mol. The van der Waals surface area contributed by atoms with Crippen LogP contribution in [0.1, 0.15) is 0 Å². The van der Waals surface area contributed by atoms with Gasteiger partial charge in [0, 0.05) is 16.7 Å². The van der Waals surface area contributed by atoms with E-state index in [0.717, 1.165) is 17.7 Å². The predicted molar refractivity (Wildman–Crippen MR) is 81.2 cm³/mol. The normalized spacial score (nSPS) is 10.8. The molecular weight excluding hydrogens is 290 g/mol. The fraction of sp³-hybridized carbons (Fsp3) is 0.0625. The van der Waals surface area contributed by atoms with Gasteiger partial charge in [-0.3, -0.25) is 5.10 Å². The van der Waals surface area contributed by atoms with Crippen LogP contribution >= 0.6 is 11.8 Å². The largest absolute Gasteiger partial charge is 0.276 e. The number of hydrogen-bond donors (Lipinski definition) is 1. The maximum atomic E-state index is 14.1. The van der Waals surface area contributed by atoms with Gasteiger partial charge in [0.05, 0.1) is 5.69 Å². The lowest BCUT2D eigenvalue weighted by Crippen LogP contribution is -1.89. The Morgan fingerprint density at radius 3 is 2.52 bits per heavy atom. The Morgan fingerprint density at radius 2 is 1.81 bits per heavy atom. The SMILES string of the molecule is CSc1n[nH]c(-c2ccccc2)c1-c1cc(F)ccc1F. The number of aromatic nitrogens is 2. The highest BCUT2D eigenvalue weighted by atomic mass is 32.2. The van der Waals surface area contributed by atoms with Crippen LogP contribution in [0.5, 0.6) is 0 Å². The van der Waals surface area contributed by atoms with Gasteiger partial charge in [-0.05, 0) is 24.5 Å². The van der Waals surface area contributed by atoms with Gasteiger partial charge in [0.1, 0.15) is 16.7 Å². The smallest absolute Gasteiger partial charge is 0.131 e. The molecule has 0 spiro atoms. The lowest BCUT2D eigenvalue weighted by Gasteiger charge is -2.07. The van der Waals surface area contributed by atoms with Crippen LogP contribution in [0.2, 0.25) is 0 Å². The summed E-state index contributed by atoms with van der Waals surface area (Å²) in [4.78, 5) is 0. The molecule has 2 nitrogen and oxygen atoms in total. The van der Waals surface area contributed by atoms with E-state index in [1.165, 1.54) is 17.8 Å². The number of H-pyrrole nitrogens is 1. The molecule has 0 radical (unpaired) electrons. The van der Waals surface area contributed by atoms with Gasteiger partial charge in [0.2, 0.25) is 0 Å². The molecule has 0 atom stereocenters. The minimum atomic E-state index is -0.473. The molecule has 21 heavy (non-hydrogen) atoms. The minimum Gasteiger partial charge on any atom is -0.276 e. The van der Waals surface area contributed by atoms with Crippen LogP contribution in [-0.2, 0) is 0 Å². The van der Waals surface area contributed by atoms with Crippen LogP contribution in [0.15, 0.2) is 53.6 Å². The maximum absolute atomic E-state index is 14.1. The van der Waals surface area contributed by atoms with Crippen molar-refractivity contribution >= 4 is 11.8 Å². The van der Waals surface area contributed by atoms with Crippen LogP contribution in [0.3, 0.4) is 0 Å². The highest BCUT2D eigenvalue weighted by Crippen LogP contribution is 2.38. The average Bonchev–Trinajstić information content (AvgIpc) is 2.94. The number of nitrogens with zero attached hydrogens (tertiary/aromatic N) is 1. The van der Waals surface area contributed by atoms with Crippen molar-refractivity contribution in [2.45, 2.75) is 5.03 Å². The van der Waals surface area contributed by atoms with E-state index in [0.29, 0.717) is 16.3 Å². The Morgan fingerprint density at radius 1 is 1.05 bits per heavy atom. The summed E-state index contributed by atoms with van der Waals surface area (Å²) in [5.41, 5.74) is 2.37. The zero-order chi connectivity index (χ0) is 14.8. The molecule has 0 fully saturated rings. The number of rotatable bonds is 3. The third-order valence-electron chi connectivity index (χ3n) is 3.19. The average molecular weight is 302 g/mol. The highest BCUT2D eigenvalue weighted by Gasteiger charge is 2.19. The van der Waals surface area contributed by atoms with E-state index in [2.05, 4.69) is 10.2 Å². The molecule has 1 N–H and O–H groups in total. The Hall–Kier alpha value is -2.14. The second-order valence-electron chi connectivity index (χ2n) is 4.47. The summed E-state index contributed by atoms with van der Waals surface area (Å²) in [7, 11) is 0. The van der Waals surface area contributed by atoms with Gasteiger partial charge in [0.25, 0.3) is 0 Å². The molecule has 0 aliphatic carbocycles. The molecule has 0 bridgehead atoms. The van der Waals surface area contributed by atoms with Crippen LogP contribution in [0.25, 0.3) is 22.4 Å². The first-order valence-corrected chi connectivity index (χ1v) is 7.56. The van der Waals surface area contributed by atoms with Gasteiger partial charge < -0.3 is 0 Å². The number of halogens is 2. The van der Waals surface area contributed by atoms with Crippen molar-refractivity contribution in [3.05, 3.63) is 60.2 Å². The van der Waals surface area contributed by atoms with Crippen molar-refractivity contribution in [1.29, 1.82) is 0 Å². The van der Waals surface area contributed by atoms with E-state index < -0.39 is 11.6 Å². The molecular formula is C16H12F2N2S. The number of hydrogen-bond acceptors (Lipinski definition) is 2. The van der Waals surface area contributed by atoms with Gasteiger partial charge in [-0.15, -0.1) is 11.8 Å². The lowest BCUT2D eigenvalue weighted by molar-refractivity contribution is 0.603. The Kier molecular flexibility index (Phi) is 3.75. The number of aromatic amines is 1. The highest BCUT2D eigenvalue weighted by molar-refractivity contribution is 7.98. The van der Waals surface area contributed by atoms with Crippen LogP contribution < -0.4 is 0 Å². The molecule has 106 valence electrons. The molecule has 0 unspecified atom stereocenters. The number of benzene rings is 2. The Bertz CT molecular complexity index is 769. The predicted octanol–water partition coefficient (Wildman–Crippen LogP) is 4.74. The van der Waals surface area contributed by atoms with E-state index in [1.807, 2.05) is 36.6 Å². The molecule has 0 aliphatic rings. The molecule has 0 aliphatic heterocycles. The van der Waals surface area contributed by atoms with E-state index in [1.54, 1.807) is 0 Å². The van der Waals surface area contributed by atoms with Crippen LogP contribution in [-0.4, -0.2) is 16.5 Å². The Labute approximate surface area is 125 Å². The minimum absolute atomic E-state index is 0.215. The summed E-state index contributed by atoms with van der Waals surface area (Å²) in [5, 5.41) is 7.77. The fourth-order valence-corrected chi connectivity index (χ4v) is 2.78. The summed E-state index contributed by atoms with van der Waals surface area (Å²) < 4.78 is 27.6. The van der Waals surface area contributed by atoms with E-state index in [4.69, 9.17) is 0 Å². The zero-order valence-corrected chi connectivity index (χ0v) is 12.0. The van der Waals surface area contributed by atoms with Gasteiger partial charge in [-0.2, -0.15) is 5.10 Å². The van der Waals surface area contributed by atoms with Crippen molar-refractivity contribution in [1.82, 2.24) is 10.2 Å². The van der Waals surface area contributed by atoms with Crippen molar-refractivity contribution in [2.24, 2.45) is 0 Å². The quantitative estimate of drug-likeness (QED) is 0.708. The first-order chi connectivity index (χ1) is 10.2. The molecule has 1 aromatic heterocycles. The molecule has 5 heteroatoms. The summed E-state index contributed by atoms with van der Waals surface area (Å²) >= 11 is 1.39. The third kappa shape index (κ3) is 2.56. The molecule has 0 amide bonds. The molecule has 3 rings (SSSR count). The van der Waals surface area contributed by atoms with E-state index >= 15 is 0 Å². The second kappa shape index (κ2) is 5.69. The maximum Gasteiger partial charge on any atom is 0.131 e. The van der Waals surface area contributed by atoms with Crippen LogP contribution in [0.4, 0.5) is 8.78 Å². The summed E-state index contributed by atoms with van der Waals surface area (Å²) in [6, 6.07) is 12.9. The van der Waals surface area contributed by atoms with Crippen molar-refractivity contribution < 1.29 is 8.78 Å². The summed E-state index contributed by atoms with van der Waals surface area (Å²) in [6.07, 6.45) is 1.85. The van der Waals surface area contributed by atoms with E-state index in [-0.39, 0.29) is 5.56 Å².